The number of ether oxygens (including phenoxy) is 2. The molecule has 2 heterocycles. The molecular formula is C22H24N2O4. The molecule has 2 aliphatic rings. The van der Waals surface area contributed by atoms with Gasteiger partial charge in [0.25, 0.3) is 5.91 Å². The summed E-state index contributed by atoms with van der Waals surface area (Å²) in [6, 6.07) is 14.9. The van der Waals surface area contributed by atoms with Crippen LogP contribution in [0.2, 0.25) is 0 Å². The van der Waals surface area contributed by atoms with Crippen LogP contribution in [0.25, 0.3) is 0 Å². The van der Waals surface area contributed by atoms with E-state index in [0.29, 0.717) is 43.0 Å². The van der Waals surface area contributed by atoms with E-state index >= 15 is 0 Å². The largest absolute Gasteiger partial charge is 0.493 e. The summed E-state index contributed by atoms with van der Waals surface area (Å²) < 4.78 is 10.5. The smallest absolute Gasteiger partial charge is 0.253 e. The van der Waals surface area contributed by atoms with Gasteiger partial charge in [-0.1, -0.05) is 18.2 Å². The van der Waals surface area contributed by atoms with Gasteiger partial charge in [0.05, 0.1) is 19.6 Å². The number of rotatable bonds is 4. The van der Waals surface area contributed by atoms with E-state index in [9.17, 15) is 9.59 Å². The van der Waals surface area contributed by atoms with Crippen molar-refractivity contribution in [3.63, 3.8) is 0 Å². The van der Waals surface area contributed by atoms with Gasteiger partial charge in [-0.15, -0.1) is 0 Å². The Balaban J connectivity index is 1.41. The third kappa shape index (κ3) is 2.99. The first-order valence-electron chi connectivity index (χ1n) is 9.46. The van der Waals surface area contributed by atoms with E-state index in [4.69, 9.17) is 9.47 Å². The van der Waals surface area contributed by atoms with Crippen LogP contribution in [-0.4, -0.2) is 50.6 Å². The van der Waals surface area contributed by atoms with E-state index in [0.717, 1.165) is 12.2 Å². The van der Waals surface area contributed by atoms with Crippen LogP contribution >= 0.6 is 0 Å². The normalized spacial score (nSPS) is 18.0. The average Bonchev–Trinajstić information content (AvgIpc) is 2.77. The zero-order valence-electron chi connectivity index (χ0n) is 16.2. The lowest BCUT2D eigenvalue weighted by atomic mass is 9.70. The zero-order chi connectivity index (χ0) is 19.7. The Kier molecular flexibility index (Phi) is 4.71. The summed E-state index contributed by atoms with van der Waals surface area (Å²) in [6.45, 7) is 1.90. The van der Waals surface area contributed by atoms with Gasteiger partial charge in [-0.2, -0.15) is 0 Å². The number of methoxy groups -OCH3 is 2. The molecule has 0 radical (unpaired) electrons. The van der Waals surface area contributed by atoms with Gasteiger partial charge in [0.15, 0.2) is 11.5 Å². The monoisotopic (exact) mass is 380 g/mol. The molecule has 0 bridgehead atoms. The standard InChI is InChI=1S/C22H24N2O4/c1-27-18-9-8-16(14-19(18)28-2)20(25)23-12-10-22(11-13-23)15-24(21(22)26)17-6-4-3-5-7-17/h3-9,14H,10-13,15H2,1-2H3. The first-order valence-corrected chi connectivity index (χ1v) is 9.46. The number of β-lactam (4-membered cyclic amide) rings is 1. The van der Waals surface area contributed by atoms with Crippen LogP contribution in [0.3, 0.4) is 0 Å². The summed E-state index contributed by atoms with van der Waals surface area (Å²) in [4.78, 5) is 29.4. The van der Waals surface area contributed by atoms with Crippen LogP contribution < -0.4 is 14.4 Å². The third-order valence-corrected chi connectivity index (χ3v) is 5.87. The topological polar surface area (TPSA) is 59.1 Å². The van der Waals surface area contributed by atoms with Crippen molar-refractivity contribution in [2.45, 2.75) is 12.8 Å². The number of hydrogen-bond acceptors (Lipinski definition) is 4. The molecule has 28 heavy (non-hydrogen) atoms. The molecule has 0 saturated carbocycles. The van der Waals surface area contributed by atoms with Crippen molar-refractivity contribution in [2.24, 2.45) is 5.41 Å². The Hall–Kier alpha value is -3.02. The Morgan fingerprint density at radius 3 is 2.25 bits per heavy atom. The van der Waals surface area contributed by atoms with Crippen LogP contribution in [-0.2, 0) is 4.79 Å². The third-order valence-electron chi connectivity index (χ3n) is 5.87. The molecule has 0 N–H and O–H groups in total. The van der Waals surface area contributed by atoms with Crippen LogP contribution in [0.4, 0.5) is 5.69 Å². The van der Waals surface area contributed by atoms with E-state index in [-0.39, 0.29) is 17.2 Å². The lowest BCUT2D eigenvalue weighted by Gasteiger charge is -2.52. The number of anilines is 1. The van der Waals surface area contributed by atoms with Crippen LogP contribution in [0.1, 0.15) is 23.2 Å². The van der Waals surface area contributed by atoms with Crippen molar-refractivity contribution in [2.75, 3.05) is 38.8 Å². The van der Waals surface area contributed by atoms with Crippen molar-refractivity contribution in [1.82, 2.24) is 4.90 Å². The molecule has 0 unspecified atom stereocenters. The number of nitrogens with zero attached hydrogens (tertiary/aromatic N) is 2. The van der Waals surface area contributed by atoms with Gasteiger partial charge in [-0.05, 0) is 43.2 Å². The van der Waals surface area contributed by atoms with Crippen molar-refractivity contribution >= 4 is 17.5 Å². The molecule has 0 atom stereocenters. The second-order valence-corrected chi connectivity index (χ2v) is 7.37. The van der Waals surface area contributed by atoms with Crippen molar-refractivity contribution < 1.29 is 19.1 Å². The summed E-state index contributed by atoms with van der Waals surface area (Å²) in [7, 11) is 3.12. The number of carbonyl (C=O) groups is 2. The lowest BCUT2D eigenvalue weighted by Crippen LogP contribution is -2.65. The van der Waals surface area contributed by atoms with E-state index in [1.807, 2.05) is 40.1 Å². The summed E-state index contributed by atoms with van der Waals surface area (Å²) >= 11 is 0. The van der Waals surface area contributed by atoms with Crippen LogP contribution in [0, 0.1) is 5.41 Å². The quantitative estimate of drug-likeness (QED) is 0.765. The maximum atomic E-state index is 12.9. The SMILES string of the molecule is COc1ccc(C(=O)N2CCC3(CC2)CN(c2ccccc2)C3=O)cc1OC. The van der Waals surface area contributed by atoms with Gasteiger partial charge in [0.2, 0.25) is 5.91 Å². The highest BCUT2D eigenvalue weighted by Crippen LogP contribution is 2.44. The second kappa shape index (κ2) is 7.19. The minimum atomic E-state index is -0.315. The maximum Gasteiger partial charge on any atom is 0.253 e. The van der Waals surface area contributed by atoms with Crippen LogP contribution in [0.5, 0.6) is 11.5 Å². The second-order valence-electron chi connectivity index (χ2n) is 7.37. The Labute approximate surface area is 164 Å². The molecular weight excluding hydrogens is 356 g/mol. The number of likely N-dealkylation sites (tertiary alicyclic amines) is 1. The molecule has 2 aliphatic heterocycles. The average molecular weight is 380 g/mol. The first kappa shape index (κ1) is 18.3. The zero-order valence-corrected chi connectivity index (χ0v) is 16.2. The fourth-order valence-corrected chi connectivity index (χ4v) is 4.12. The number of piperidine rings is 1. The van der Waals surface area contributed by atoms with Crippen molar-refractivity contribution in [3.05, 3.63) is 54.1 Å². The Morgan fingerprint density at radius 1 is 0.964 bits per heavy atom. The van der Waals surface area contributed by atoms with Gasteiger partial charge < -0.3 is 19.3 Å². The molecule has 0 aliphatic carbocycles. The minimum Gasteiger partial charge on any atom is -0.493 e. The van der Waals surface area contributed by atoms with Crippen LogP contribution in [0.15, 0.2) is 48.5 Å². The molecule has 2 fully saturated rings. The number of amides is 2. The molecule has 2 saturated heterocycles. The molecule has 2 aromatic rings. The van der Waals surface area contributed by atoms with Gasteiger partial charge >= 0.3 is 0 Å². The fraction of sp³-hybridized carbons (Fsp3) is 0.364. The fourth-order valence-electron chi connectivity index (χ4n) is 4.12. The predicted molar refractivity (Wildman–Crippen MR) is 106 cm³/mol. The molecule has 146 valence electrons. The van der Waals surface area contributed by atoms with Gasteiger partial charge in [0.1, 0.15) is 0 Å². The lowest BCUT2D eigenvalue weighted by molar-refractivity contribution is -0.138. The minimum absolute atomic E-state index is 0.0394. The van der Waals surface area contributed by atoms with Gasteiger partial charge in [-0.3, -0.25) is 9.59 Å². The summed E-state index contributed by atoms with van der Waals surface area (Å²) in [5.41, 5.74) is 1.20. The highest BCUT2D eigenvalue weighted by Gasteiger charge is 2.53. The molecule has 4 rings (SSSR count). The van der Waals surface area contributed by atoms with E-state index < -0.39 is 0 Å². The summed E-state index contributed by atoms with van der Waals surface area (Å²) in [5, 5.41) is 0. The van der Waals surface area contributed by atoms with E-state index in [1.54, 1.807) is 32.4 Å². The molecule has 2 aromatic carbocycles. The number of hydrogen-bond donors (Lipinski definition) is 0. The maximum absolute atomic E-state index is 12.9. The number of carbonyl (C=O) groups excluding carboxylic acids is 2. The van der Waals surface area contributed by atoms with Crippen molar-refractivity contribution in [3.8, 4) is 11.5 Å². The highest BCUT2D eigenvalue weighted by atomic mass is 16.5. The molecule has 0 aromatic heterocycles. The van der Waals surface area contributed by atoms with E-state index in [1.165, 1.54) is 0 Å². The highest BCUT2D eigenvalue weighted by molar-refractivity contribution is 6.04. The summed E-state index contributed by atoms with van der Waals surface area (Å²) in [5.74, 6) is 1.27. The van der Waals surface area contributed by atoms with E-state index in [2.05, 4.69) is 0 Å². The Bertz CT molecular complexity index is 889. The summed E-state index contributed by atoms with van der Waals surface area (Å²) in [6.07, 6.45) is 1.41. The first-order chi connectivity index (χ1) is 13.6. The molecule has 6 heteroatoms. The van der Waals surface area contributed by atoms with Gasteiger partial charge in [0, 0.05) is 30.9 Å². The molecule has 1 spiro atoms. The van der Waals surface area contributed by atoms with Gasteiger partial charge in [-0.25, -0.2) is 0 Å². The molecule has 6 nitrogen and oxygen atoms in total. The number of benzene rings is 2. The number of para-hydroxylation sites is 1. The van der Waals surface area contributed by atoms with Crippen molar-refractivity contribution in [1.29, 1.82) is 0 Å². The molecule has 2 amide bonds. The predicted octanol–water partition coefficient (Wildman–Crippen LogP) is 2.97. The Morgan fingerprint density at radius 2 is 1.64 bits per heavy atom.